The average molecular weight is 445 g/mol. The van der Waals surface area contributed by atoms with Crippen LogP contribution in [0, 0.1) is 17.8 Å². The zero-order valence-electron chi connectivity index (χ0n) is 18.1. The molecular weight excluding hydrogens is 417 g/mol. The van der Waals surface area contributed by atoms with Gasteiger partial charge in [-0.3, -0.25) is 9.59 Å². The van der Waals surface area contributed by atoms with Gasteiger partial charge in [-0.05, 0) is 25.3 Å². The highest BCUT2D eigenvalue weighted by atomic mass is 19.1. The molecule has 0 saturated carbocycles. The molecule has 4 atom stereocenters. The summed E-state index contributed by atoms with van der Waals surface area (Å²) in [5.74, 6) is -1.96. The van der Waals surface area contributed by atoms with Crippen LogP contribution in [0.5, 0.6) is 0 Å². The molecule has 3 saturated heterocycles. The number of methoxy groups -OCH3 is 1. The Balaban J connectivity index is 1.29. The summed E-state index contributed by atoms with van der Waals surface area (Å²) in [6.07, 6.45) is 5.93. The monoisotopic (exact) mass is 445 g/mol. The summed E-state index contributed by atoms with van der Waals surface area (Å²) in [7, 11) is 1.63. The number of halogens is 1. The summed E-state index contributed by atoms with van der Waals surface area (Å²) >= 11 is 0. The second-order valence-corrected chi connectivity index (χ2v) is 9.20. The fourth-order valence-corrected chi connectivity index (χ4v) is 5.76. The molecule has 9 heteroatoms. The minimum absolute atomic E-state index is 0.0442. The van der Waals surface area contributed by atoms with Crippen molar-refractivity contribution in [3.8, 4) is 0 Å². The third kappa shape index (κ3) is 3.25. The number of fused-ring (bicyclic) bond motifs is 1. The maximum atomic E-state index is 14.1. The van der Waals surface area contributed by atoms with E-state index in [0.29, 0.717) is 19.7 Å². The summed E-state index contributed by atoms with van der Waals surface area (Å²) in [6, 6.07) is 3.13. The summed E-state index contributed by atoms with van der Waals surface area (Å²) in [4.78, 5) is 33.8. The molecule has 0 unspecified atom stereocenters. The van der Waals surface area contributed by atoms with Crippen molar-refractivity contribution in [3.63, 3.8) is 0 Å². The molecule has 1 N–H and O–H groups in total. The van der Waals surface area contributed by atoms with E-state index in [1.807, 2.05) is 12.2 Å². The highest BCUT2D eigenvalue weighted by molar-refractivity contribution is 5.93. The van der Waals surface area contributed by atoms with Crippen LogP contribution in [-0.4, -0.2) is 83.3 Å². The average Bonchev–Trinajstić information content (AvgIpc) is 3.42. The molecule has 3 fully saturated rings. The van der Waals surface area contributed by atoms with Gasteiger partial charge >= 0.3 is 0 Å². The summed E-state index contributed by atoms with van der Waals surface area (Å²) in [5.41, 5.74) is -1.93. The van der Waals surface area contributed by atoms with Gasteiger partial charge in [0.15, 0.2) is 0 Å². The third-order valence-electron chi connectivity index (χ3n) is 7.40. The van der Waals surface area contributed by atoms with Crippen LogP contribution < -0.4 is 0 Å². The number of hydrogen-bond donors (Lipinski definition) is 1. The number of nitrogens with zero attached hydrogens (tertiary/aromatic N) is 3. The van der Waals surface area contributed by atoms with Gasteiger partial charge in [-0.2, -0.15) is 4.39 Å². The molecule has 0 radical (unpaired) electrons. The van der Waals surface area contributed by atoms with Gasteiger partial charge in [0.2, 0.25) is 17.8 Å². The van der Waals surface area contributed by atoms with E-state index >= 15 is 0 Å². The lowest BCUT2D eigenvalue weighted by molar-refractivity contribution is -0.146. The molecule has 0 aliphatic carbocycles. The van der Waals surface area contributed by atoms with Crippen molar-refractivity contribution >= 4 is 11.8 Å². The van der Waals surface area contributed by atoms with Crippen LogP contribution >= 0.6 is 0 Å². The number of piperidine rings is 1. The Hall–Kier alpha value is -2.36. The van der Waals surface area contributed by atoms with E-state index in [9.17, 15) is 19.1 Å². The Morgan fingerprint density at radius 2 is 2.19 bits per heavy atom. The number of amides is 2. The maximum Gasteiger partial charge on any atom is 0.230 e. The summed E-state index contributed by atoms with van der Waals surface area (Å²) < 4.78 is 25.4. The fraction of sp³-hybridized carbons (Fsp3) is 0.609. The lowest BCUT2D eigenvalue weighted by Crippen LogP contribution is -2.51. The molecule has 2 bridgehead atoms. The van der Waals surface area contributed by atoms with Crippen LogP contribution in [-0.2, 0) is 24.7 Å². The Bertz CT molecular complexity index is 947. The minimum Gasteiger partial charge on any atom is -0.385 e. The highest BCUT2D eigenvalue weighted by Crippen LogP contribution is 2.52. The number of aromatic nitrogens is 1. The second-order valence-electron chi connectivity index (χ2n) is 9.20. The first-order valence-corrected chi connectivity index (χ1v) is 11.2. The zero-order chi connectivity index (χ0) is 22.5. The van der Waals surface area contributed by atoms with E-state index in [2.05, 4.69) is 4.98 Å². The molecule has 5 heterocycles. The second kappa shape index (κ2) is 7.90. The van der Waals surface area contributed by atoms with Crippen molar-refractivity contribution in [2.24, 2.45) is 11.8 Å². The van der Waals surface area contributed by atoms with E-state index in [-0.39, 0.29) is 43.3 Å². The van der Waals surface area contributed by atoms with Crippen LogP contribution in [0.25, 0.3) is 0 Å². The molecule has 4 aliphatic heterocycles. The number of carbonyl (C=O) groups is 2. The zero-order valence-corrected chi connectivity index (χ0v) is 18.1. The fourth-order valence-electron chi connectivity index (χ4n) is 5.76. The molecule has 8 nitrogen and oxygen atoms in total. The number of ether oxygens (including phenoxy) is 2. The van der Waals surface area contributed by atoms with Gasteiger partial charge in [-0.1, -0.05) is 18.2 Å². The first-order chi connectivity index (χ1) is 15.4. The van der Waals surface area contributed by atoms with Gasteiger partial charge in [0, 0.05) is 45.1 Å². The molecule has 1 aromatic heterocycles. The Kier molecular flexibility index (Phi) is 5.30. The SMILES string of the molecule is COCCCN1C[C@]23C=C[C@@H](O2)[C@H](C(=O)N2CCC(O)(c4cccnc4F)CC2)[C@@H]3C1=O. The van der Waals surface area contributed by atoms with Crippen molar-refractivity contribution in [1.29, 1.82) is 0 Å². The Morgan fingerprint density at radius 1 is 1.41 bits per heavy atom. The molecule has 1 aromatic rings. The van der Waals surface area contributed by atoms with Crippen LogP contribution in [0.1, 0.15) is 24.8 Å². The van der Waals surface area contributed by atoms with Crippen molar-refractivity contribution in [2.75, 3.05) is 39.9 Å². The molecule has 0 aromatic carbocycles. The molecule has 4 aliphatic rings. The summed E-state index contributed by atoms with van der Waals surface area (Å²) in [6.45, 7) is 2.15. The lowest BCUT2D eigenvalue weighted by atomic mass is 9.76. The predicted octanol–water partition coefficient (Wildman–Crippen LogP) is 0.849. The molecule has 1 spiro atoms. The number of likely N-dealkylation sites (tertiary alicyclic amines) is 2. The number of carbonyl (C=O) groups excluding carboxylic acids is 2. The molecule has 32 heavy (non-hydrogen) atoms. The standard InChI is InChI=1S/C23H28FN3O5/c1-31-13-3-10-27-14-23-6-5-16(32-23)17(18(23)21(27)29)20(28)26-11-7-22(30,8-12-26)15-4-2-9-25-19(15)24/h2,4-6,9,16-18,30H,3,7-8,10-14H2,1H3/t16-,17+,18-,23+/m1/s1. The van der Waals surface area contributed by atoms with Crippen LogP contribution in [0.4, 0.5) is 4.39 Å². The Morgan fingerprint density at radius 3 is 2.91 bits per heavy atom. The quantitative estimate of drug-likeness (QED) is 0.397. The van der Waals surface area contributed by atoms with Gasteiger partial charge in [0.05, 0.1) is 30.1 Å². The van der Waals surface area contributed by atoms with Crippen molar-refractivity contribution in [1.82, 2.24) is 14.8 Å². The predicted molar refractivity (Wildman–Crippen MR) is 111 cm³/mol. The molecule has 172 valence electrons. The summed E-state index contributed by atoms with van der Waals surface area (Å²) in [5, 5.41) is 11.0. The maximum absolute atomic E-state index is 14.1. The number of hydrogen-bond acceptors (Lipinski definition) is 6. The number of rotatable bonds is 6. The molecule has 5 rings (SSSR count). The Labute approximate surface area is 186 Å². The van der Waals surface area contributed by atoms with Gasteiger partial charge in [0.25, 0.3) is 0 Å². The first-order valence-electron chi connectivity index (χ1n) is 11.2. The van der Waals surface area contributed by atoms with Crippen molar-refractivity contribution in [2.45, 2.75) is 36.6 Å². The van der Waals surface area contributed by atoms with Gasteiger partial charge < -0.3 is 24.4 Å². The third-order valence-corrected chi connectivity index (χ3v) is 7.40. The first kappa shape index (κ1) is 21.5. The smallest absolute Gasteiger partial charge is 0.230 e. The van der Waals surface area contributed by atoms with Crippen LogP contribution in [0.2, 0.25) is 0 Å². The topological polar surface area (TPSA) is 92.2 Å². The van der Waals surface area contributed by atoms with Crippen molar-refractivity contribution < 1.29 is 28.6 Å². The number of aliphatic hydroxyl groups is 1. The van der Waals surface area contributed by atoms with E-state index in [4.69, 9.17) is 9.47 Å². The highest BCUT2D eigenvalue weighted by Gasteiger charge is 2.67. The van der Waals surface area contributed by atoms with Gasteiger partial charge in [0.1, 0.15) is 5.60 Å². The number of pyridine rings is 1. The van der Waals surface area contributed by atoms with E-state index in [0.717, 1.165) is 6.42 Å². The normalized spacial score (nSPS) is 32.6. The molecule has 2 amide bonds. The lowest BCUT2D eigenvalue weighted by Gasteiger charge is -2.40. The van der Waals surface area contributed by atoms with Crippen LogP contribution in [0.3, 0.4) is 0 Å². The van der Waals surface area contributed by atoms with Crippen molar-refractivity contribution in [3.05, 3.63) is 42.0 Å². The minimum atomic E-state index is -1.36. The van der Waals surface area contributed by atoms with Gasteiger partial charge in [-0.15, -0.1) is 0 Å². The van der Waals surface area contributed by atoms with Gasteiger partial charge in [-0.25, -0.2) is 4.98 Å². The van der Waals surface area contributed by atoms with E-state index in [1.165, 1.54) is 12.3 Å². The van der Waals surface area contributed by atoms with Crippen LogP contribution in [0.15, 0.2) is 30.5 Å². The largest absolute Gasteiger partial charge is 0.385 e. The van der Waals surface area contributed by atoms with E-state index < -0.39 is 35.1 Å². The molecular formula is C23H28FN3O5. The van der Waals surface area contributed by atoms with E-state index in [1.54, 1.807) is 23.0 Å².